The zero-order valence-corrected chi connectivity index (χ0v) is 13.3. The van der Waals surface area contributed by atoms with Gasteiger partial charge >= 0.3 is 0 Å². The maximum atomic E-state index is 12.1. The number of amides is 1. The number of piperidine rings is 1. The molecular formula is C14H28N2OS. The molecule has 0 unspecified atom stereocenters. The minimum absolute atomic E-state index is 0.169. The minimum Gasteiger partial charge on any atom is -0.342 e. The van der Waals surface area contributed by atoms with Gasteiger partial charge in [-0.25, -0.2) is 0 Å². The highest BCUT2D eigenvalue weighted by atomic mass is 32.2. The van der Waals surface area contributed by atoms with Gasteiger partial charge in [0, 0.05) is 30.9 Å². The van der Waals surface area contributed by atoms with Gasteiger partial charge in [0.15, 0.2) is 0 Å². The number of nitrogens with zero attached hydrogens (tertiary/aromatic N) is 2. The van der Waals surface area contributed by atoms with Crippen LogP contribution in [0.15, 0.2) is 0 Å². The number of thioether (sulfide) groups is 1. The Kier molecular flexibility index (Phi) is 5.99. The summed E-state index contributed by atoms with van der Waals surface area (Å²) in [4.78, 5) is 16.6. The number of hydrogen-bond donors (Lipinski definition) is 0. The molecule has 0 aromatic heterocycles. The largest absolute Gasteiger partial charge is 0.342 e. The predicted molar refractivity (Wildman–Crippen MR) is 80.1 cm³/mol. The fraction of sp³-hybridized carbons (Fsp3) is 0.929. The zero-order chi connectivity index (χ0) is 13.8. The SMILES string of the molecule is CCN1CCC(N(C)C(=O)CSC(C)(C)C)CC1. The summed E-state index contributed by atoms with van der Waals surface area (Å²) in [6.45, 7) is 12.1. The van der Waals surface area contributed by atoms with Crippen LogP contribution in [-0.4, -0.2) is 58.9 Å². The van der Waals surface area contributed by atoms with Crippen molar-refractivity contribution in [1.29, 1.82) is 0 Å². The van der Waals surface area contributed by atoms with Crippen molar-refractivity contribution in [2.24, 2.45) is 0 Å². The van der Waals surface area contributed by atoms with Crippen LogP contribution in [0.3, 0.4) is 0 Å². The van der Waals surface area contributed by atoms with E-state index in [2.05, 4.69) is 32.6 Å². The normalized spacial score (nSPS) is 18.9. The molecule has 1 heterocycles. The van der Waals surface area contributed by atoms with Gasteiger partial charge < -0.3 is 9.80 Å². The Morgan fingerprint density at radius 2 is 1.89 bits per heavy atom. The van der Waals surface area contributed by atoms with E-state index in [1.165, 1.54) is 0 Å². The van der Waals surface area contributed by atoms with Gasteiger partial charge in [0.05, 0.1) is 5.75 Å². The average molecular weight is 272 g/mol. The summed E-state index contributed by atoms with van der Waals surface area (Å²) < 4.78 is 0.169. The van der Waals surface area contributed by atoms with Crippen molar-refractivity contribution in [1.82, 2.24) is 9.80 Å². The van der Waals surface area contributed by atoms with Gasteiger partial charge in [0.1, 0.15) is 0 Å². The third kappa shape index (κ3) is 5.19. The lowest BCUT2D eigenvalue weighted by atomic mass is 10.0. The molecule has 0 bridgehead atoms. The highest BCUT2D eigenvalue weighted by Crippen LogP contribution is 2.24. The van der Waals surface area contributed by atoms with Gasteiger partial charge in [-0.3, -0.25) is 4.79 Å². The second-order valence-electron chi connectivity index (χ2n) is 6.07. The summed E-state index contributed by atoms with van der Waals surface area (Å²) in [5, 5.41) is 0. The van der Waals surface area contributed by atoms with E-state index in [0.29, 0.717) is 11.8 Å². The fourth-order valence-electron chi connectivity index (χ4n) is 2.21. The third-order valence-electron chi connectivity index (χ3n) is 3.57. The Morgan fingerprint density at radius 3 is 2.33 bits per heavy atom. The van der Waals surface area contributed by atoms with E-state index in [1.54, 1.807) is 11.8 Å². The van der Waals surface area contributed by atoms with E-state index in [1.807, 2.05) is 11.9 Å². The van der Waals surface area contributed by atoms with Crippen molar-refractivity contribution in [3.63, 3.8) is 0 Å². The van der Waals surface area contributed by atoms with E-state index in [4.69, 9.17) is 0 Å². The lowest BCUT2D eigenvalue weighted by Crippen LogP contribution is -2.46. The first-order valence-corrected chi connectivity index (χ1v) is 7.94. The summed E-state index contributed by atoms with van der Waals surface area (Å²) in [5.74, 6) is 0.887. The Morgan fingerprint density at radius 1 is 1.33 bits per heavy atom. The van der Waals surface area contributed by atoms with Crippen molar-refractivity contribution in [3.8, 4) is 0 Å². The van der Waals surface area contributed by atoms with Crippen molar-refractivity contribution < 1.29 is 4.79 Å². The monoisotopic (exact) mass is 272 g/mol. The molecule has 1 saturated heterocycles. The van der Waals surface area contributed by atoms with Crippen LogP contribution in [0.25, 0.3) is 0 Å². The van der Waals surface area contributed by atoms with Gasteiger partial charge in [-0.15, -0.1) is 11.8 Å². The fourth-order valence-corrected chi connectivity index (χ4v) is 2.97. The summed E-state index contributed by atoms with van der Waals surface area (Å²) in [7, 11) is 1.97. The van der Waals surface area contributed by atoms with Crippen LogP contribution in [0, 0.1) is 0 Å². The first kappa shape index (κ1) is 15.8. The first-order valence-electron chi connectivity index (χ1n) is 6.95. The first-order chi connectivity index (χ1) is 8.33. The molecule has 1 fully saturated rings. The van der Waals surface area contributed by atoms with E-state index in [9.17, 15) is 4.79 Å². The molecule has 0 saturated carbocycles. The van der Waals surface area contributed by atoms with Crippen molar-refractivity contribution in [3.05, 3.63) is 0 Å². The van der Waals surface area contributed by atoms with Crippen LogP contribution in [0.5, 0.6) is 0 Å². The molecule has 0 N–H and O–H groups in total. The predicted octanol–water partition coefficient (Wildman–Crippen LogP) is 2.46. The van der Waals surface area contributed by atoms with Gasteiger partial charge in [0.2, 0.25) is 5.91 Å². The third-order valence-corrected chi connectivity index (χ3v) is 4.83. The molecule has 0 atom stereocenters. The molecule has 3 nitrogen and oxygen atoms in total. The Balaban J connectivity index is 2.35. The lowest BCUT2D eigenvalue weighted by Gasteiger charge is -2.36. The molecule has 0 radical (unpaired) electrons. The van der Waals surface area contributed by atoms with Crippen LogP contribution in [0.4, 0.5) is 0 Å². The molecule has 4 heteroatoms. The van der Waals surface area contributed by atoms with E-state index in [-0.39, 0.29) is 10.7 Å². The van der Waals surface area contributed by atoms with Crippen LogP contribution in [0.1, 0.15) is 40.5 Å². The van der Waals surface area contributed by atoms with Crippen molar-refractivity contribution >= 4 is 17.7 Å². The summed E-state index contributed by atoms with van der Waals surface area (Å²) in [5.41, 5.74) is 0. The summed E-state index contributed by atoms with van der Waals surface area (Å²) >= 11 is 1.74. The van der Waals surface area contributed by atoms with Crippen LogP contribution in [0.2, 0.25) is 0 Å². The number of likely N-dealkylation sites (tertiary alicyclic amines) is 1. The molecular weight excluding hydrogens is 244 g/mol. The number of carbonyl (C=O) groups excluding carboxylic acids is 1. The van der Waals surface area contributed by atoms with Crippen molar-refractivity contribution in [2.75, 3.05) is 32.4 Å². The summed E-state index contributed by atoms with van der Waals surface area (Å²) in [6.07, 6.45) is 2.24. The maximum Gasteiger partial charge on any atom is 0.232 e. The average Bonchev–Trinajstić information content (AvgIpc) is 2.34. The zero-order valence-electron chi connectivity index (χ0n) is 12.5. The van der Waals surface area contributed by atoms with E-state index in [0.717, 1.165) is 32.5 Å². The molecule has 0 aromatic rings. The molecule has 1 aliphatic rings. The molecule has 0 aromatic carbocycles. The second kappa shape index (κ2) is 6.80. The molecule has 0 aliphatic carbocycles. The number of carbonyl (C=O) groups is 1. The second-order valence-corrected chi connectivity index (χ2v) is 7.87. The topological polar surface area (TPSA) is 23.6 Å². The van der Waals surface area contributed by atoms with Crippen LogP contribution < -0.4 is 0 Å². The Bertz CT molecular complexity index is 267. The highest BCUT2D eigenvalue weighted by molar-refractivity contribution is 8.01. The van der Waals surface area contributed by atoms with Gasteiger partial charge in [-0.2, -0.15) is 0 Å². The lowest BCUT2D eigenvalue weighted by molar-refractivity contribution is -0.129. The Hall–Kier alpha value is -0.220. The molecule has 1 aliphatic heterocycles. The van der Waals surface area contributed by atoms with Crippen molar-refractivity contribution in [2.45, 2.75) is 51.3 Å². The molecule has 106 valence electrons. The van der Waals surface area contributed by atoms with E-state index >= 15 is 0 Å². The number of rotatable bonds is 4. The quantitative estimate of drug-likeness (QED) is 0.785. The highest BCUT2D eigenvalue weighted by Gasteiger charge is 2.25. The smallest absolute Gasteiger partial charge is 0.232 e. The standard InChI is InChI=1S/C14H28N2OS/c1-6-16-9-7-12(8-10-16)15(5)13(17)11-18-14(2,3)4/h12H,6-11H2,1-5H3. The van der Waals surface area contributed by atoms with Gasteiger partial charge in [-0.1, -0.05) is 27.7 Å². The molecule has 0 spiro atoms. The van der Waals surface area contributed by atoms with E-state index < -0.39 is 0 Å². The molecule has 1 amide bonds. The minimum atomic E-state index is 0.169. The summed E-state index contributed by atoms with van der Waals surface area (Å²) in [6, 6.07) is 0.445. The maximum absolute atomic E-state index is 12.1. The number of hydrogen-bond acceptors (Lipinski definition) is 3. The molecule has 1 rings (SSSR count). The van der Waals surface area contributed by atoms with Crippen LogP contribution >= 0.6 is 11.8 Å². The Labute approximate surface area is 116 Å². The van der Waals surface area contributed by atoms with Gasteiger partial charge in [0.25, 0.3) is 0 Å². The van der Waals surface area contributed by atoms with Gasteiger partial charge in [-0.05, 0) is 19.4 Å². The molecule has 18 heavy (non-hydrogen) atoms. The van der Waals surface area contributed by atoms with Crippen LogP contribution in [-0.2, 0) is 4.79 Å².